The summed E-state index contributed by atoms with van der Waals surface area (Å²) in [5.74, 6) is -0.969. The normalized spacial score (nSPS) is 11.3. The Morgan fingerprint density at radius 2 is 0.911 bits per heavy atom. The topological polar surface area (TPSA) is 85.2 Å². The number of carboxylic acids is 1. The first-order valence-corrected chi connectivity index (χ1v) is 19.1. The predicted octanol–water partition coefficient (Wildman–Crippen LogP) is 12.3. The summed E-state index contributed by atoms with van der Waals surface area (Å²) in [5.41, 5.74) is 1.56. The Morgan fingerprint density at radius 1 is 0.511 bits per heavy atom. The molecule has 0 atom stereocenters. The standard InChI is InChI=1S/C39H70O6/c1-5-9-13-17-19-21-23-25-29-33-34(30-26-24-22-20-18-14-10-6-2)37(43-31-27-15-11-7-3)38(36(40)35(33)39(41)42)45-44-32-28-16-12-8-4/h40H,5-32H2,1-4H3,(H,41,42). The van der Waals surface area contributed by atoms with Gasteiger partial charge in [-0.2, -0.15) is 4.89 Å². The van der Waals surface area contributed by atoms with Gasteiger partial charge in [0, 0.05) is 5.56 Å². The van der Waals surface area contributed by atoms with E-state index in [-0.39, 0.29) is 17.1 Å². The zero-order valence-electron chi connectivity index (χ0n) is 29.8. The Balaban J connectivity index is 3.26. The zero-order chi connectivity index (χ0) is 33.0. The highest BCUT2D eigenvalue weighted by atomic mass is 17.2. The van der Waals surface area contributed by atoms with Crippen LogP contribution in [0.25, 0.3) is 0 Å². The van der Waals surface area contributed by atoms with E-state index in [0.717, 1.165) is 89.0 Å². The van der Waals surface area contributed by atoms with Crippen molar-refractivity contribution in [3.8, 4) is 17.2 Å². The molecule has 6 nitrogen and oxygen atoms in total. The third-order valence-electron chi connectivity index (χ3n) is 8.84. The summed E-state index contributed by atoms with van der Waals surface area (Å²) in [6.07, 6.45) is 28.7. The van der Waals surface area contributed by atoms with Crippen LogP contribution in [0.3, 0.4) is 0 Å². The molecule has 0 fully saturated rings. The van der Waals surface area contributed by atoms with Crippen molar-refractivity contribution in [1.82, 2.24) is 0 Å². The molecule has 0 aromatic heterocycles. The second-order valence-electron chi connectivity index (χ2n) is 13.0. The van der Waals surface area contributed by atoms with E-state index in [1.165, 1.54) is 70.6 Å². The Bertz CT molecular complexity index is 868. The Kier molecular flexibility index (Phi) is 25.8. The van der Waals surface area contributed by atoms with Crippen molar-refractivity contribution in [3.05, 3.63) is 16.7 Å². The Labute approximate surface area is 276 Å². The lowest BCUT2D eigenvalue weighted by Gasteiger charge is -2.22. The molecule has 1 aromatic carbocycles. The van der Waals surface area contributed by atoms with Gasteiger partial charge in [-0.15, -0.1) is 0 Å². The van der Waals surface area contributed by atoms with Crippen molar-refractivity contribution in [1.29, 1.82) is 0 Å². The lowest BCUT2D eigenvalue weighted by atomic mass is 9.90. The summed E-state index contributed by atoms with van der Waals surface area (Å²) in [7, 11) is 0. The van der Waals surface area contributed by atoms with Crippen LogP contribution in [0.2, 0.25) is 0 Å². The van der Waals surface area contributed by atoms with Crippen LogP contribution >= 0.6 is 0 Å². The van der Waals surface area contributed by atoms with E-state index < -0.39 is 5.97 Å². The first kappa shape index (κ1) is 41.1. The number of carbonyl (C=O) groups is 1. The highest BCUT2D eigenvalue weighted by molar-refractivity contribution is 5.95. The van der Waals surface area contributed by atoms with Crippen LogP contribution in [0.1, 0.15) is 203 Å². The molecule has 0 saturated heterocycles. The van der Waals surface area contributed by atoms with Crippen molar-refractivity contribution in [3.63, 3.8) is 0 Å². The second-order valence-corrected chi connectivity index (χ2v) is 13.0. The van der Waals surface area contributed by atoms with E-state index >= 15 is 0 Å². The van der Waals surface area contributed by atoms with Gasteiger partial charge in [0.15, 0.2) is 11.5 Å². The summed E-state index contributed by atoms with van der Waals surface area (Å²) in [4.78, 5) is 24.0. The van der Waals surface area contributed by atoms with Gasteiger partial charge in [0.1, 0.15) is 5.56 Å². The van der Waals surface area contributed by atoms with Crippen LogP contribution in [0.5, 0.6) is 17.2 Å². The van der Waals surface area contributed by atoms with Crippen LogP contribution in [-0.4, -0.2) is 29.4 Å². The number of ether oxygens (including phenoxy) is 1. The maximum atomic E-state index is 12.7. The quantitative estimate of drug-likeness (QED) is 0.0466. The first-order chi connectivity index (χ1) is 22.0. The fourth-order valence-electron chi connectivity index (χ4n) is 6.05. The van der Waals surface area contributed by atoms with E-state index in [1.54, 1.807) is 0 Å². The SMILES string of the molecule is CCCCCCCCCCc1c(CCCCCCCCCC)c(C(=O)O)c(O)c(OOCCCCCC)c1OCCCCCC. The van der Waals surface area contributed by atoms with E-state index in [0.29, 0.717) is 37.4 Å². The highest BCUT2D eigenvalue weighted by Crippen LogP contribution is 2.46. The number of benzene rings is 1. The molecule has 1 aromatic rings. The van der Waals surface area contributed by atoms with Crippen molar-refractivity contribution >= 4 is 5.97 Å². The smallest absolute Gasteiger partial charge is 0.339 e. The number of hydrogen-bond donors (Lipinski definition) is 2. The third-order valence-corrected chi connectivity index (χ3v) is 8.84. The maximum absolute atomic E-state index is 12.7. The van der Waals surface area contributed by atoms with Crippen molar-refractivity contribution < 1.29 is 29.5 Å². The van der Waals surface area contributed by atoms with Gasteiger partial charge in [-0.3, -0.25) is 0 Å². The first-order valence-electron chi connectivity index (χ1n) is 19.1. The Hall–Kier alpha value is -1.95. The van der Waals surface area contributed by atoms with Crippen LogP contribution in [0.15, 0.2) is 0 Å². The molecule has 262 valence electrons. The van der Waals surface area contributed by atoms with Crippen molar-refractivity contribution in [2.45, 2.75) is 195 Å². The molecule has 0 amide bonds. The summed E-state index contributed by atoms with van der Waals surface area (Å²) in [5, 5.41) is 21.8. The molecule has 0 aliphatic carbocycles. The molecule has 6 heteroatoms. The lowest BCUT2D eigenvalue weighted by molar-refractivity contribution is -0.209. The number of unbranched alkanes of at least 4 members (excludes halogenated alkanes) is 20. The van der Waals surface area contributed by atoms with Gasteiger partial charge in [0.2, 0.25) is 5.75 Å². The molecule has 2 N–H and O–H groups in total. The van der Waals surface area contributed by atoms with Gasteiger partial charge in [-0.1, -0.05) is 156 Å². The van der Waals surface area contributed by atoms with Crippen molar-refractivity contribution in [2.24, 2.45) is 0 Å². The number of rotatable bonds is 32. The van der Waals surface area contributed by atoms with Gasteiger partial charge >= 0.3 is 5.97 Å². The highest BCUT2D eigenvalue weighted by Gasteiger charge is 2.30. The van der Waals surface area contributed by atoms with E-state index in [1.807, 2.05) is 0 Å². The molecule has 0 saturated carbocycles. The molecule has 0 spiro atoms. The van der Waals surface area contributed by atoms with Crippen LogP contribution in [0, 0.1) is 0 Å². The molecular weight excluding hydrogens is 564 g/mol. The van der Waals surface area contributed by atoms with Gasteiger partial charge in [-0.25, -0.2) is 4.79 Å². The second kappa shape index (κ2) is 28.3. The fraction of sp³-hybridized carbons (Fsp3) is 0.821. The summed E-state index contributed by atoms with van der Waals surface area (Å²) >= 11 is 0. The zero-order valence-corrected chi connectivity index (χ0v) is 29.8. The number of carboxylic acid groups (broad SMARTS) is 1. The van der Waals surface area contributed by atoms with Crippen LogP contribution in [-0.2, 0) is 17.7 Å². The number of aromatic hydroxyl groups is 1. The van der Waals surface area contributed by atoms with Gasteiger partial charge in [0.05, 0.1) is 13.2 Å². The molecule has 0 aliphatic heterocycles. The van der Waals surface area contributed by atoms with Crippen LogP contribution in [0.4, 0.5) is 0 Å². The average Bonchev–Trinajstić information content (AvgIpc) is 3.03. The summed E-state index contributed by atoms with van der Waals surface area (Å²) in [6, 6.07) is 0. The largest absolute Gasteiger partial charge is 0.503 e. The molecule has 0 aliphatic rings. The third kappa shape index (κ3) is 18.1. The molecule has 0 heterocycles. The minimum absolute atomic E-state index is 0.0348. The Morgan fingerprint density at radius 3 is 1.38 bits per heavy atom. The molecule has 0 bridgehead atoms. The average molecular weight is 635 g/mol. The van der Waals surface area contributed by atoms with E-state index in [9.17, 15) is 15.0 Å². The summed E-state index contributed by atoms with van der Waals surface area (Å²) < 4.78 is 6.41. The van der Waals surface area contributed by atoms with E-state index in [4.69, 9.17) is 14.5 Å². The minimum atomic E-state index is -1.12. The predicted molar refractivity (Wildman–Crippen MR) is 188 cm³/mol. The molecular formula is C39H70O6. The number of aromatic carboxylic acids is 1. The maximum Gasteiger partial charge on any atom is 0.339 e. The van der Waals surface area contributed by atoms with E-state index in [2.05, 4.69) is 27.7 Å². The van der Waals surface area contributed by atoms with Crippen LogP contribution < -0.4 is 9.62 Å². The molecule has 0 unspecified atom stereocenters. The molecule has 0 radical (unpaired) electrons. The number of phenols is 1. The minimum Gasteiger partial charge on any atom is -0.503 e. The van der Waals surface area contributed by atoms with Gasteiger partial charge in [-0.05, 0) is 44.1 Å². The molecule has 45 heavy (non-hydrogen) atoms. The van der Waals surface area contributed by atoms with Gasteiger partial charge < -0.3 is 19.8 Å². The lowest BCUT2D eigenvalue weighted by Crippen LogP contribution is -2.13. The summed E-state index contributed by atoms with van der Waals surface area (Å²) in [6.45, 7) is 9.71. The monoisotopic (exact) mass is 635 g/mol. The van der Waals surface area contributed by atoms with Crippen molar-refractivity contribution in [2.75, 3.05) is 13.2 Å². The fourth-order valence-corrected chi connectivity index (χ4v) is 6.05. The molecule has 1 rings (SSSR count). The number of hydrogen-bond acceptors (Lipinski definition) is 5. The van der Waals surface area contributed by atoms with Gasteiger partial charge in [0.25, 0.3) is 0 Å².